The third kappa shape index (κ3) is 8.91. The van der Waals surface area contributed by atoms with Crippen molar-refractivity contribution in [1.29, 1.82) is 0 Å². The van der Waals surface area contributed by atoms with Crippen molar-refractivity contribution in [3.63, 3.8) is 0 Å². The van der Waals surface area contributed by atoms with E-state index in [2.05, 4.69) is 45.0 Å². The van der Waals surface area contributed by atoms with Crippen LogP contribution in [0.4, 0.5) is 0 Å². The van der Waals surface area contributed by atoms with Crippen LogP contribution in [0.5, 0.6) is 0 Å². The fourth-order valence-corrected chi connectivity index (χ4v) is 11.5. The number of fused-ring (bicyclic) bond motifs is 5. The molecule has 6 aliphatic rings. The largest absolute Gasteiger partial charge is 0.462 e. The summed E-state index contributed by atoms with van der Waals surface area (Å²) in [4.78, 5) is 31.0. The highest BCUT2D eigenvalue weighted by atomic mass is 16.7. The summed E-state index contributed by atoms with van der Waals surface area (Å²) in [5.74, 6) is -1.51. The van der Waals surface area contributed by atoms with E-state index in [-0.39, 0.29) is 90.5 Å². The van der Waals surface area contributed by atoms with Crippen LogP contribution in [0, 0.1) is 41.4 Å². The Morgan fingerprint density at radius 1 is 0.836 bits per heavy atom. The molecule has 13 heteroatoms. The van der Waals surface area contributed by atoms with Gasteiger partial charge in [-0.05, 0) is 109 Å². The van der Waals surface area contributed by atoms with Gasteiger partial charge in [0, 0.05) is 58.7 Å². The van der Waals surface area contributed by atoms with E-state index < -0.39 is 36.6 Å². The average molecular weight is 779 g/mol. The lowest BCUT2D eigenvalue weighted by molar-refractivity contribution is -0.314. The maximum atomic E-state index is 15.1. The fourth-order valence-electron chi connectivity index (χ4n) is 11.5. The summed E-state index contributed by atoms with van der Waals surface area (Å²) >= 11 is 0. The Bertz CT molecular complexity index is 1320. The molecule has 0 aromatic rings. The van der Waals surface area contributed by atoms with Crippen molar-refractivity contribution in [2.45, 2.75) is 159 Å². The molecule has 0 amide bonds. The molecule has 0 radical (unpaired) electrons. The van der Waals surface area contributed by atoms with E-state index in [4.69, 9.17) is 37.9 Å². The summed E-state index contributed by atoms with van der Waals surface area (Å²) in [6.07, 6.45) is 7.46. The van der Waals surface area contributed by atoms with Crippen molar-refractivity contribution < 1.29 is 52.7 Å². The maximum Gasteiger partial charge on any atom is 0.306 e. The van der Waals surface area contributed by atoms with Crippen molar-refractivity contribution in [3.05, 3.63) is 12.2 Å². The highest BCUT2D eigenvalue weighted by Gasteiger charge is 2.61. The van der Waals surface area contributed by atoms with Crippen LogP contribution in [-0.4, -0.2) is 143 Å². The number of likely N-dealkylation sites (N-methyl/N-ethyl adjacent to an activating group) is 1. The number of cyclic esters (lactones) is 1. The molecular formula is C42H70N2O11. The van der Waals surface area contributed by atoms with Gasteiger partial charge in [-0.2, -0.15) is 5.06 Å². The van der Waals surface area contributed by atoms with Crippen molar-refractivity contribution in [1.82, 2.24) is 9.96 Å². The number of hydrogen-bond donors (Lipinski definition) is 1. The standard InChI is InChI=1S/C42H70N2O11/c1-11-26-13-12-14-32(55-34-18-17-31(43(5)6)23(3)51-34)22(2)38(46)36-30(21-33(45)53-26)28-16-15-25-19-27(20-29(25)35(28)37(36)44(7)47)54-42-41(50-10)40(49-9)39(48-8)24(4)52-42/h15-16,22-32,34-37,39-42,47H,11-14,17-21H2,1-10H3/t22?,23-,24-,25?,26?,27?,28?,29?,30?,31+,32?,34-,35?,36?,37?,39+,40-,41-,42?/m1/s1. The highest BCUT2D eigenvalue weighted by Crippen LogP contribution is 2.58. The molecule has 3 saturated heterocycles. The SMILES string of the molecule is CCC1CCCC(O[C@@H]2CC[C@H](N(C)C)[C@@H](C)O2)C(C)C(=O)C2C(CC(=O)O1)C1C=CC3CC(OC4O[C@H](C)[C@H](OC)[C@@H](OC)[C@H]4OC)CC3C1C2N(C)O. The third-order valence-electron chi connectivity index (χ3n) is 14.3. The number of carbonyl (C=O) groups is 2. The first kappa shape index (κ1) is 43.1. The Kier molecular flexibility index (Phi) is 14.6. The first-order chi connectivity index (χ1) is 26.3. The first-order valence-corrected chi connectivity index (χ1v) is 21.0. The molecule has 3 aliphatic heterocycles. The Morgan fingerprint density at radius 3 is 2.20 bits per heavy atom. The van der Waals surface area contributed by atoms with Crippen molar-refractivity contribution >= 4 is 11.8 Å². The molecule has 0 bridgehead atoms. The van der Waals surface area contributed by atoms with Crippen LogP contribution in [0.3, 0.4) is 0 Å². The van der Waals surface area contributed by atoms with Crippen LogP contribution in [-0.2, 0) is 47.5 Å². The van der Waals surface area contributed by atoms with Crippen LogP contribution in [0.15, 0.2) is 12.2 Å². The number of Topliss-reactive ketones (excluding diaryl/α,β-unsaturated/α-hetero) is 1. The van der Waals surface area contributed by atoms with Gasteiger partial charge in [-0.25, -0.2) is 0 Å². The summed E-state index contributed by atoms with van der Waals surface area (Å²) in [6, 6.07) is -0.189. The Balaban J connectivity index is 1.26. The number of allylic oxidation sites excluding steroid dienone is 2. The number of carbonyl (C=O) groups excluding carboxylic acids is 2. The second-order valence-corrected chi connectivity index (χ2v) is 17.6. The van der Waals surface area contributed by atoms with E-state index in [0.29, 0.717) is 18.9 Å². The van der Waals surface area contributed by atoms with Gasteiger partial charge in [-0.1, -0.05) is 26.0 Å². The number of esters is 1. The minimum absolute atomic E-state index is 0.000680. The number of ether oxygens (including phenoxy) is 8. The van der Waals surface area contributed by atoms with Crippen LogP contribution in [0.1, 0.15) is 85.5 Å². The summed E-state index contributed by atoms with van der Waals surface area (Å²) in [5, 5.41) is 12.8. The zero-order valence-electron chi connectivity index (χ0n) is 34.9. The molecule has 13 nitrogen and oxygen atoms in total. The second kappa shape index (κ2) is 18.6. The number of hydrogen-bond acceptors (Lipinski definition) is 13. The molecule has 0 aromatic carbocycles. The van der Waals surface area contributed by atoms with E-state index in [1.165, 1.54) is 5.06 Å². The maximum absolute atomic E-state index is 15.1. The number of rotatable bonds is 10. The zero-order valence-corrected chi connectivity index (χ0v) is 34.9. The lowest BCUT2D eigenvalue weighted by Gasteiger charge is -2.44. The molecular weight excluding hydrogens is 708 g/mol. The monoisotopic (exact) mass is 778 g/mol. The zero-order chi connectivity index (χ0) is 39.7. The molecule has 5 fully saturated rings. The van der Waals surface area contributed by atoms with Crippen molar-refractivity contribution in [3.8, 4) is 0 Å². The van der Waals surface area contributed by atoms with Gasteiger partial charge in [0.1, 0.15) is 30.2 Å². The molecule has 3 aliphatic carbocycles. The molecule has 6 rings (SSSR count). The number of methoxy groups -OCH3 is 3. The average Bonchev–Trinajstić information content (AvgIpc) is 3.71. The molecule has 1 N–H and O–H groups in total. The number of nitrogens with zero attached hydrogens (tertiary/aromatic N) is 2. The summed E-state index contributed by atoms with van der Waals surface area (Å²) in [6.45, 7) is 8.08. The molecule has 12 unspecified atom stereocenters. The first-order valence-electron chi connectivity index (χ1n) is 21.0. The summed E-state index contributed by atoms with van der Waals surface area (Å²) in [5.41, 5.74) is 0. The molecule has 55 heavy (non-hydrogen) atoms. The van der Waals surface area contributed by atoms with Crippen LogP contribution >= 0.6 is 0 Å². The smallest absolute Gasteiger partial charge is 0.306 e. The molecule has 2 saturated carbocycles. The highest BCUT2D eigenvalue weighted by molar-refractivity contribution is 5.86. The second-order valence-electron chi connectivity index (χ2n) is 17.6. The van der Waals surface area contributed by atoms with Gasteiger partial charge in [0.2, 0.25) is 0 Å². The van der Waals surface area contributed by atoms with Crippen molar-refractivity contribution in [2.75, 3.05) is 42.5 Å². The van der Waals surface area contributed by atoms with Gasteiger partial charge >= 0.3 is 5.97 Å². The topological polar surface area (TPSA) is 135 Å². The minimum Gasteiger partial charge on any atom is -0.462 e. The number of hydroxylamine groups is 2. The van der Waals surface area contributed by atoms with E-state index >= 15 is 4.79 Å². The Hall–Kier alpha value is -1.52. The van der Waals surface area contributed by atoms with Gasteiger partial charge in [0.25, 0.3) is 0 Å². The quantitative estimate of drug-likeness (QED) is 0.184. The predicted molar refractivity (Wildman–Crippen MR) is 203 cm³/mol. The van der Waals surface area contributed by atoms with Gasteiger partial charge in [0.15, 0.2) is 12.6 Å². The number of ketones is 1. The molecule has 314 valence electrons. The van der Waals surface area contributed by atoms with Crippen LogP contribution in [0.25, 0.3) is 0 Å². The Morgan fingerprint density at radius 2 is 1.56 bits per heavy atom. The van der Waals surface area contributed by atoms with E-state index in [0.717, 1.165) is 38.5 Å². The van der Waals surface area contributed by atoms with E-state index in [9.17, 15) is 10.0 Å². The van der Waals surface area contributed by atoms with Gasteiger partial charge < -0.3 is 48.0 Å². The molecule has 3 heterocycles. The molecule has 0 aromatic heterocycles. The van der Waals surface area contributed by atoms with Crippen molar-refractivity contribution in [2.24, 2.45) is 41.4 Å². The lowest BCUT2D eigenvalue weighted by atomic mass is 9.70. The molecule has 0 spiro atoms. The summed E-state index contributed by atoms with van der Waals surface area (Å²) in [7, 11) is 10.7. The Labute approximate surface area is 328 Å². The summed E-state index contributed by atoms with van der Waals surface area (Å²) < 4.78 is 49.8. The van der Waals surface area contributed by atoms with Gasteiger partial charge in [0.05, 0.1) is 24.4 Å². The normalized spacial score (nSPS) is 46.8. The van der Waals surface area contributed by atoms with Gasteiger partial charge in [-0.3, -0.25) is 9.59 Å². The van der Waals surface area contributed by atoms with Crippen LogP contribution in [0.2, 0.25) is 0 Å². The fraction of sp³-hybridized carbons (Fsp3) is 0.905. The third-order valence-corrected chi connectivity index (χ3v) is 14.3. The predicted octanol–water partition coefficient (Wildman–Crippen LogP) is 4.87. The minimum atomic E-state index is -0.651. The van der Waals surface area contributed by atoms with Gasteiger partial charge in [-0.15, -0.1) is 0 Å². The van der Waals surface area contributed by atoms with Crippen LogP contribution < -0.4 is 0 Å². The lowest BCUT2D eigenvalue weighted by Crippen LogP contribution is -2.59. The van der Waals surface area contributed by atoms with E-state index in [1.807, 2.05) is 13.8 Å². The van der Waals surface area contributed by atoms with E-state index in [1.54, 1.807) is 28.4 Å². The molecule has 19 atom stereocenters.